The summed E-state index contributed by atoms with van der Waals surface area (Å²) in [5.74, 6) is 0.496. The molecule has 1 unspecified atom stereocenters. The maximum atomic E-state index is 12.4. The number of anilines is 1. The number of hydrogen-bond donors (Lipinski definition) is 3. The van der Waals surface area contributed by atoms with E-state index in [-0.39, 0.29) is 29.9 Å². The maximum Gasteiger partial charge on any atom is 0.255 e. The van der Waals surface area contributed by atoms with Gasteiger partial charge < -0.3 is 20.9 Å². The van der Waals surface area contributed by atoms with Crippen LogP contribution in [-0.2, 0) is 6.54 Å². The molecule has 8 nitrogen and oxygen atoms in total. The van der Waals surface area contributed by atoms with E-state index in [1.54, 1.807) is 31.2 Å². The minimum Gasteiger partial charge on any atom is -0.496 e. The number of aliphatic hydroxyl groups excluding tert-OH is 1. The van der Waals surface area contributed by atoms with E-state index in [4.69, 9.17) is 10.5 Å². The van der Waals surface area contributed by atoms with E-state index in [9.17, 15) is 14.7 Å². The molecule has 0 saturated heterocycles. The number of rotatable bonds is 8. The first-order chi connectivity index (χ1) is 14.5. The predicted octanol–water partition coefficient (Wildman–Crippen LogP) is 2.44. The molecule has 30 heavy (non-hydrogen) atoms. The van der Waals surface area contributed by atoms with Crippen LogP contribution in [0.1, 0.15) is 39.2 Å². The molecule has 3 aromatic rings. The molecule has 0 radical (unpaired) electrons. The van der Waals surface area contributed by atoms with Crippen molar-refractivity contribution >= 4 is 18.0 Å². The van der Waals surface area contributed by atoms with Crippen LogP contribution in [0.2, 0.25) is 0 Å². The van der Waals surface area contributed by atoms with Gasteiger partial charge in [0.25, 0.3) is 5.91 Å². The van der Waals surface area contributed by atoms with Crippen LogP contribution >= 0.6 is 0 Å². The molecule has 0 bridgehead atoms. The Morgan fingerprint density at radius 2 is 1.97 bits per heavy atom. The van der Waals surface area contributed by atoms with Crippen LogP contribution in [0.25, 0.3) is 11.3 Å². The Hall–Kier alpha value is -3.65. The lowest BCUT2D eigenvalue weighted by molar-refractivity contribution is 0.0947. The van der Waals surface area contributed by atoms with Crippen molar-refractivity contribution in [3.8, 4) is 17.0 Å². The molecule has 0 fully saturated rings. The molecule has 0 saturated carbocycles. The van der Waals surface area contributed by atoms with Crippen molar-refractivity contribution in [1.29, 1.82) is 0 Å². The molecule has 156 valence electrons. The largest absolute Gasteiger partial charge is 0.496 e. The lowest BCUT2D eigenvalue weighted by atomic mass is 10.1. The van der Waals surface area contributed by atoms with Gasteiger partial charge in [0.2, 0.25) is 0 Å². The molecule has 3 rings (SSSR count). The fourth-order valence-electron chi connectivity index (χ4n) is 3.09. The number of carbonyl (C=O) groups excluding carboxylic acids is 2. The van der Waals surface area contributed by atoms with Crippen LogP contribution in [-0.4, -0.2) is 40.8 Å². The average molecular weight is 408 g/mol. The second kappa shape index (κ2) is 9.23. The fourth-order valence-corrected chi connectivity index (χ4v) is 3.09. The Morgan fingerprint density at radius 3 is 2.60 bits per heavy atom. The lowest BCUT2D eigenvalue weighted by Crippen LogP contribution is -2.23. The van der Waals surface area contributed by atoms with Crippen LogP contribution in [0.15, 0.2) is 48.5 Å². The number of amides is 1. The Morgan fingerprint density at radius 1 is 1.27 bits per heavy atom. The highest BCUT2D eigenvalue weighted by Crippen LogP contribution is 2.28. The second-order valence-corrected chi connectivity index (χ2v) is 6.82. The minimum absolute atomic E-state index is 0.144. The number of carbonyl (C=O) groups is 2. The van der Waals surface area contributed by atoms with Gasteiger partial charge in [-0.3, -0.25) is 9.59 Å². The summed E-state index contributed by atoms with van der Waals surface area (Å²) in [6.45, 7) is 1.94. The molecule has 1 atom stereocenters. The Bertz CT molecular complexity index is 1040. The molecule has 1 amide bonds. The first-order valence-corrected chi connectivity index (χ1v) is 9.44. The summed E-state index contributed by atoms with van der Waals surface area (Å²) in [5, 5.41) is 16.6. The number of benzene rings is 2. The number of ether oxygens (including phenoxy) is 1. The Labute approximate surface area is 174 Å². The normalized spacial score (nSPS) is 11.7. The molecule has 0 aliphatic rings. The smallest absolute Gasteiger partial charge is 0.255 e. The molecule has 4 N–H and O–H groups in total. The number of aldehydes is 1. The van der Waals surface area contributed by atoms with Gasteiger partial charge in [-0.05, 0) is 24.6 Å². The van der Waals surface area contributed by atoms with Crippen LogP contribution in [0, 0.1) is 0 Å². The highest BCUT2D eigenvalue weighted by atomic mass is 16.5. The van der Waals surface area contributed by atoms with Gasteiger partial charge in [0.05, 0.1) is 30.9 Å². The summed E-state index contributed by atoms with van der Waals surface area (Å²) < 4.78 is 6.66. The van der Waals surface area contributed by atoms with Gasteiger partial charge in [-0.2, -0.15) is 5.10 Å². The summed E-state index contributed by atoms with van der Waals surface area (Å²) in [5.41, 5.74) is 8.81. The summed E-state index contributed by atoms with van der Waals surface area (Å²) in [4.78, 5) is 23.9. The first-order valence-electron chi connectivity index (χ1n) is 9.44. The summed E-state index contributed by atoms with van der Waals surface area (Å²) in [6.07, 6.45) is 0.666. The van der Waals surface area contributed by atoms with Gasteiger partial charge in [0.1, 0.15) is 17.3 Å². The monoisotopic (exact) mass is 408 g/mol. The van der Waals surface area contributed by atoms with E-state index in [1.807, 2.05) is 24.3 Å². The number of nitrogens with zero attached hydrogens (tertiary/aromatic N) is 2. The quantitative estimate of drug-likeness (QED) is 0.493. The first kappa shape index (κ1) is 21.1. The number of aliphatic hydroxyl groups is 1. The maximum absolute atomic E-state index is 12.4. The predicted molar refractivity (Wildman–Crippen MR) is 113 cm³/mol. The zero-order valence-electron chi connectivity index (χ0n) is 16.8. The molecular weight excluding hydrogens is 384 g/mol. The zero-order chi connectivity index (χ0) is 21.7. The van der Waals surface area contributed by atoms with E-state index in [1.165, 1.54) is 11.8 Å². The summed E-state index contributed by atoms with van der Waals surface area (Å²) in [6, 6.07) is 14.0. The lowest BCUT2D eigenvalue weighted by Gasteiger charge is -2.10. The van der Waals surface area contributed by atoms with E-state index >= 15 is 0 Å². The molecule has 0 aliphatic heterocycles. The van der Waals surface area contributed by atoms with Gasteiger partial charge >= 0.3 is 0 Å². The zero-order valence-corrected chi connectivity index (χ0v) is 16.8. The van der Waals surface area contributed by atoms with E-state index in [0.29, 0.717) is 35.4 Å². The van der Waals surface area contributed by atoms with Crippen LogP contribution in [0.4, 0.5) is 5.82 Å². The Kier molecular flexibility index (Phi) is 6.48. The second-order valence-electron chi connectivity index (χ2n) is 6.82. The van der Waals surface area contributed by atoms with Crippen LogP contribution < -0.4 is 15.8 Å². The number of aromatic nitrogens is 2. The number of para-hydroxylation sites is 1. The van der Waals surface area contributed by atoms with Crippen LogP contribution in [0.5, 0.6) is 5.75 Å². The number of hydrogen-bond acceptors (Lipinski definition) is 6. The molecule has 2 aromatic carbocycles. The number of nitrogens with two attached hydrogens (primary N) is 1. The summed E-state index contributed by atoms with van der Waals surface area (Å²) in [7, 11) is 1.52. The standard InChI is InChI=1S/C22H24N4O4/c1-14(12-27)26-21(23)18(13-28)20(25-26)16-9-7-15(8-10-16)11-24-22(29)17-5-3-4-6-19(17)30-2/h3-10,13-14,27H,11-12,23H2,1-2H3,(H,24,29). The number of methoxy groups -OCH3 is 1. The molecule has 1 aromatic heterocycles. The highest BCUT2D eigenvalue weighted by Gasteiger charge is 2.19. The third-order valence-electron chi connectivity index (χ3n) is 4.82. The molecule has 8 heteroatoms. The van der Waals surface area contributed by atoms with Gasteiger partial charge in [-0.15, -0.1) is 0 Å². The highest BCUT2D eigenvalue weighted by molar-refractivity contribution is 5.96. The van der Waals surface area contributed by atoms with E-state index in [0.717, 1.165) is 5.56 Å². The van der Waals surface area contributed by atoms with Crippen molar-refractivity contribution in [2.45, 2.75) is 19.5 Å². The van der Waals surface area contributed by atoms with Gasteiger partial charge in [-0.25, -0.2) is 4.68 Å². The topological polar surface area (TPSA) is 119 Å². The molecule has 0 spiro atoms. The molecular formula is C22H24N4O4. The van der Waals surface area contributed by atoms with Gasteiger partial charge in [-0.1, -0.05) is 36.4 Å². The van der Waals surface area contributed by atoms with Crippen molar-refractivity contribution in [2.24, 2.45) is 0 Å². The fraction of sp³-hybridized carbons (Fsp3) is 0.227. The van der Waals surface area contributed by atoms with Gasteiger partial charge in [0.15, 0.2) is 6.29 Å². The van der Waals surface area contributed by atoms with Crippen molar-refractivity contribution in [2.75, 3.05) is 19.5 Å². The molecule has 0 aliphatic carbocycles. The Balaban J connectivity index is 1.76. The van der Waals surface area contributed by atoms with Crippen molar-refractivity contribution < 1.29 is 19.4 Å². The van der Waals surface area contributed by atoms with Crippen LogP contribution in [0.3, 0.4) is 0 Å². The number of nitrogens with one attached hydrogen (secondary N) is 1. The van der Waals surface area contributed by atoms with E-state index in [2.05, 4.69) is 10.4 Å². The number of nitrogen functional groups attached to an aromatic ring is 1. The van der Waals surface area contributed by atoms with Crippen molar-refractivity contribution in [3.05, 3.63) is 65.2 Å². The third kappa shape index (κ3) is 4.18. The third-order valence-corrected chi connectivity index (χ3v) is 4.82. The average Bonchev–Trinajstić information content (AvgIpc) is 3.13. The SMILES string of the molecule is COc1ccccc1C(=O)NCc1ccc(-c2nn(C(C)CO)c(N)c2C=O)cc1. The van der Waals surface area contributed by atoms with Crippen molar-refractivity contribution in [3.63, 3.8) is 0 Å². The van der Waals surface area contributed by atoms with E-state index < -0.39 is 0 Å². The molecule has 1 heterocycles. The minimum atomic E-state index is -0.345. The summed E-state index contributed by atoms with van der Waals surface area (Å²) >= 11 is 0. The van der Waals surface area contributed by atoms with Gasteiger partial charge in [0, 0.05) is 12.1 Å². The van der Waals surface area contributed by atoms with Crippen molar-refractivity contribution in [1.82, 2.24) is 15.1 Å².